The molecule has 11 heteroatoms. The van der Waals surface area contributed by atoms with Crippen LogP contribution in [-0.2, 0) is 17.8 Å². The number of likely N-dealkylation sites (tertiary alicyclic amines) is 1. The fourth-order valence-electron chi connectivity index (χ4n) is 6.57. The third kappa shape index (κ3) is 5.15. The maximum atomic E-state index is 15.0. The third-order valence-electron chi connectivity index (χ3n) is 8.91. The Morgan fingerprint density at radius 3 is 2.81 bits per heavy atom. The lowest BCUT2D eigenvalue weighted by Crippen LogP contribution is -2.40. The Balaban J connectivity index is 1.24. The second kappa shape index (κ2) is 11.5. The van der Waals surface area contributed by atoms with Crippen LogP contribution in [0.3, 0.4) is 0 Å². The van der Waals surface area contributed by atoms with Crippen LogP contribution < -0.4 is 5.32 Å². The van der Waals surface area contributed by atoms with Crippen molar-refractivity contribution in [1.82, 2.24) is 29.2 Å². The molecule has 2 aliphatic rings. The van der Waals surface area contributed by atoms with Crippen LogP contribution >= 0.6 is 22.9 Å². The molecule has 8 nitrogen and oxygen atoms in total. The number of nitrogens with zero attached hydrogens (tertiary/aromatic N) is 6. The van der Waals surface area contributed by atoms with Gasteiger partial charge in [0.15, 0.2) is 11.2 Å². The zero-order chi connectivity index (χ0) is 29.7. The van der Waals surface area contributed by atoms with Gasteiger partial charge in [-0.2, -0.15) is 5.10 Å². The third-order valence-corrected chi connectivity index (χ3v) is 9.98. The summed E-state index contributed by atoms with van der Waals surface area (Å²) in [4.78, 5) is 24.8. The van der Waals surface area contributed by atoms with Gasteiger partial charge in [0, 0.05) is 53.4 Å². The lowest BCUT2D eigenvalue weighted by molar-refractivity contribution is -0.118. The molecule has 1 amide bonds. The SMILES string of the molecule is CCN1CC[C@H](c2ccc(-c3cc(C)c4cn(C(C(=O)Nc5nccs5)c5ncn6c5CCC6)nc4c3Cl)cc2)[C@@H](F)C1. The maximum Gasteiger partial charge on any atom is 0.257 e. The summed E-state index contributed by atoms with van der Waals surface area (Å²) >= 11 is 8.42. The highest BCUT2D eigenvalue weighted by Gasteiger charge is 2.33. The standard InChI is InChI=1S/C32H33ClFN7OS/c1-3-39-13-10-22(25(34)17-39)20-6-8-21(9-7-20)23-15-19(2)24-16-41(38-28(24)27(23)33)30(31(42)37-32-35-11-14-43-32)29-26-5-4-12-40(26)18-36-29/h6-9,11,14-16,18,22,25,30H,3-5,10,12-13,17H2,1-2H3,(H,35,37,42)/t22-,25+,30?/m1/s1. The van der Waals surface area contributed by atoms with Crippen molar-refractivity contribution in [3.8, 4) is 11.1 Å². The van der Waals surface area contributed by atoms with Gasteiger partial charge >= 0.3 is 0 Å². The summed E-state index contributed by atoms with van der Waals surface area (Å²) in [6, 6.07) is 9.38. The molecule has 1 N–H and O–H groups in total. The van der Waals surface area contributed by atoms with Crippen molar-refractivity contribution in [2.45, 2.75) is 57.8 Å². The Kier molecular flexibility index (Phi) is 7.53. The Hall–Kier alpha value is -3.60. The van der Waals surface area contributed by atoms with Crippen molar-refractivity contribution in [2.75, 3.05) is 25.0 Å². The first-order valence-electron chi connectivity index (χ1n) is 14.8. The number of halogens is 2. The number of rotatable bonds is 7. The lowest BCUT2D eigenvalue weighted by atomic mass is 9.87. The van der Waals surface area contributed by atoms with Crippen LogP contribution in [0.1, 0.15) is 54.2 Å². The van der Waals surface area contributed by atoms with Crippen LogP contribution in [0.2, 0.25) is 5.02 Å². The smallest absolute Gasteiger partial charge is 0.257 e. The molecule has 2 aliphatic heterocycles. The molecule has 5 heterocycles. The Morgan fingerprint density at radius 2 is 2.07 bits per heavy atom. The topological polar surface area (TPSA) is 80.9 Å². The number of nitrogens with one attached hydrogen (secondary N) is 1. The molecule has 0 radical (unpaired) electrons. The number of carbonyl (C=O) groups excluding carboxylic acids is 1. The number of benzene rings is 2. The van der Waals surface area contributed by atoms with Crippen molar-refractivity contribution in [3.05, 3.63) is 82.0 Å². The van der Waals surface area contributed by atoms with Crippen LogP contribution in [0.15, 0.2) is 54.4 Å². The average molecular weight is 618 g/mol. The van der Waals surface area contributed by atoms with Crippen molar-refractivity contribution in [1.29, 1.82) is 0 Å². The number of alkyl halides is 1. The number of anilines is 1. The summed E-state index contributed by atoms with van der Waals surface area (Å²) in [5.41, 5.74) is 6.19. The van der Waals surface area contributed by atoms with E-state index in [1.165, 1.54) is 11.3 Å². The molecule has 7 rings (SSSR count). The highest BCUT2D eigenvalue weighted by molar-refractivity contribution is 7.13. The predicted octanol–water partition coefficient (Wildman–Crippen LogP) is 6.64. The van der Waals surface area contributed by atoms with Gasteiger partial charge < -0.3 is 9.47 Å². The molecule has 2 aromatic carbocycles. The number of imidazole rings is 1. The van der Waals surface area contributed by atoms with E-state index in [0.717, 1.165) is 72.2 Å². The van der Waals surface area contributed by atoms with Crippen LogP contribution in [0, 0.1) is 6.92 Å². The summed E-state index contributed by atoms with van der Waals surface area (Å²) in [7, 11) is 0. The number of piperidine rings is 1. The van der Waals surface area contributed by atoms with E-state index < -0.39 is 12.2 Å². The van der Waals surface area contributed by atoms with Crippen LogP contribution in [0.4, 0.5) is 9.52 Å². The van der Waals surface area contributed by atoms with Crippen molar-refractivity contribution < 1.29 is 9.18 Å². The first-order valence-corrected chi connectivity index (χ1v) is 16.1. The molecule has 1 fully saturated rings. The van der Waals surface area contributed by atoms with Crippen LogP contribution in [-0.4, -0.2) is 60.9 Å². The van der Waals surface area contributed by atoms with Gasteiger partial charge in [-0.1, -0.05) is 42.8 Å². The van der Waals surface area contributed by atoms with E-state index in [9.17, 15) is 9.18 Å². The van der Waals surface area contributed by atoms with E-state index >= 15 is 0 Å². The molecule has 1 saturated heterocycles. The molecule has 0 bridgehead atoms. The lowest BCUT2D eigenvalue weighted by Gasteiger charge is -2.34. The first-order chi connectivity index (χ1) is 20.9. The fourth-order valence-corrected chi connectivity index (χ4v) is 7.41. The van der Waals surface area contributed by atoms with Crippen LogP contribution in [0.25, 0.3) is 22.0 Å². The number of aryl methyl sites for hydroxylation is 2. The normalized spacial score (nSPS) is 19.5. The summed E-state index contributed by atoms with van der Waals surface area (Å²) in [5, 5.41) is 11.6. The number of thiazole rings is 1. The van der Waals surface area contributed by atoms with E-state index in [0.29, 0.717) is 27.9 Å². The molecular formula is C32H33ClFN7OS. The number of amides is 1. The molecule has 5 aromatic rings. The maximum absolute atomic E-state index is 15.0. The molecule has 0 spiro atoms. The minimum atomic E-state index is -0.872. The largest absolute Gasteiger partial charge is 0.334 e. The van der Waals surface area contributed by atoms with Crippen LogP contribution in [0.5, 0.6) is 0 Å². The van der Waals surface area contributed by atoms with Gasteiger partial charge in [0.1, 0.15) is 11.7 Å². The van der Waals surface area contributed by atoms with E-state index in [2.05, 4.69) is 37.7 Å². The van der Waals surface area contributed by atoms with Gasteiger partial charge in [0.25, 0.3) is 5.91 Å². The molecule has 0 saturated carbocycles. The highest BCUT2D eigenvalue weighted by Crippen LogP contribution is 2.39. The van der Waals surface area contributed by atoms with E-state index in [-0.39, 0.29) is 11.8 Å². The second-order valence-corrected chi connectivity index (χ2v) is 12.7. The Labute approximate surface area is 258 Å². The van der Waals surface area contributed by atoms with Gasteiger partial charge in [0.05, 0.1) is 17.0 Å². The second-order valence-electron chi connectivity index (χ2n) is 11.5. The van der Waals surface area contributed by atoms with Gasteiger partial charge in [0.2, 0.25) is 0 Å². The fraction of sp³-hybridized carbons (Fsp3) is 0.375. The van der Waals surface area contributed by atoms with Crippen molar-refractivity contribution in [2.24, 2.45) is 0 Å². The summed E-state index contributed by atoms with van der Waals surface area (Å²) in [6.45, 7) is 7.27. The molecule has 0 aliphatic carbocycles. The minimum absolute atomic E-state index is 0.0934. The highest BCUT2D eigenvalue weighted by atomic mass is 35.5. The predicted molar refractivity (Wildman–Crippen MR) is 169 cm³/mol. The number of fused-ring (bicyclic) bond motifs is 2. The molecule has 3 aromatic heterocycles. The quantitative estimate of drug-likeness (QED) is 0.221. The molecule has 43 heavy (non-hydrogen) atoms. The summed E-state index contributed by atoms with van der Waals surface area (Å²) in [5.74, 6) is -0.346. The van der Waals surface area contributed by atoms with Crippen molar-refractivity contribution >= 4 is 44.9 Å². The van der Waals surface area contributed by atoms with Gasteiger partial charge in [-0.3, -0.25) is 14.8 Å². The zero-order valence-corrected chi connectivity index (χ0v) is 25.7. The Bertz CT molecular complexity index is 1780. The average Bonchev–Trinajstić information content (AvgIpc) is 3.82. The monoisotopic (exact) mass is 617 g/mol. The number of aromatic nitrogens is 5. The minimum Gasteiger partial charge on any atom is -0.334 e. The molecule has 222 valence electrons. The van der Waals surface area contributed by atoms with Crippen molar-refractivity contribution in [3.63, 3.8) is 0 Å². The Morgan fingerprint density at radius 1 is 1.23 bits per heavy atom. The molecule has 1 unspecified atom stereocenters. The van der Waals surface area contributed by atoms with E-state index in [4.69, 9.17) is 16.7 Å². The van der Waals surface area contributed by atoms with E-state index in [1.807, 2.05) is 49.1 Å². The summed E-state index contributed by atoms with van der Waals surface area (Å²) in [6.07, 6.45) is 7.18. The van der Waals surface area contributed by atoms with Gasteiger partial charge in [-0.05, 0) is 62.0 Å². The number of hydrogen-bond donors (Lipinski definition) is 1. The van der Waals surface area contributed by atoms with E-state index in [1.54, 1.807) is 10.9 Å². The number of hydrogen-bond acceptors (Lipinski definition) is 6. The van der Waals surface area contributed by atoms with Gasteiger partial charge in [-0.15, -0.1) is 11.3 Å². The first kappa shape index (κ1) is 28.2. The zero-order valence-electron chi connectivity index (χ0n) is 24.1. The summed E-state index contributed by atoms with van der Waals surface area (Å²) < 4.78 is 18.8. The number of carbonyl (C=O) groups is 1. The molecular weight excluding hydrogens is 585 g/mol. The molecule has 3 atom stereocenters. The van der Waals surface area contributed by atoms with Gasteiger partial charge in [-0.25, -0.2) is 14.4 Å².